The van der Waals surface area contributed by atoms with Gasteiger partial charge in [-0.2, -0.15) is 0 Å². The van der Waals surface area contributed by atoms with Gasteiger partial charge in [-0.15, -0.1) is 23.1 Å². The highest BCUT2D eigenvalue weighted by molar-refractivity contribution is 8.00. The number of aryl methyl sites for hydroxylation is 1. The first-order chi connectivity index (χ1) is 13.7. The first-order valence-electron chi connectivity index (χ1n) is 8.31. The van der Waals surface area contributed by atoms with Crippen molar-refractivity contribution >= 4 is 61.6 Å². The van der Waals surface area contributed by atoms with Crippen LogP contribution in [-0.4, -0.2) is 45.4 Å². The number of rotatable bonds is 9. The number of sulfonamides is 1. The molecule has 9 nitrogen and oxygen atoms in total. The lowest BCUT2D eigenvalue weighted by Gasteiger charge is -2.05. The van der Waals surface area contributed by atoms with Crippen LogP contribution in [0.15, 0.2) is 14.5 Å². The summed E-state index contributed by atoms with van der Waals surface area (Å²) in [6, 6.07) is 0.495. The molecule has 0 aromatic carbocycles. The maximum atomic E-state index is 12.5. The van der Waals surface area contributed by atoms with Crippen LogP contribution in [0, 0.1) is 6.92 Å². The average molecular weight is 480 g/mol. The molecule has 0 unspecified atom stereocenters. The van der Waals surface area contributed by atoms with Gasteiger partial charge in [0.15, 0.2) is 5.13 Å². The zero-order valence-corrected chi connectivity index (χ0v) is 19.5. The van der Waals surface area contributed by atoms with Crippen molar-refractivity contribution in [2.24, 2.45) is 0 Å². The Balaban J connectivity index is 2.09. The number of carbonyl (C=O) groups is 2. The van der Waals surface area contributed by atoms with E-state index in [1.807, 2.05) is 11.0 Å². The summed E-state index contributed by atoms with van der Waals surface area (Å²) in [6.45, 7) is 3.92. The Bertz CT molecular complexity index is 983. The molecular weight excluding hydrogens is 458 g/mol. The van der Waals surface area contributed by atoms with Crippen LogP contribution in [0.2, 0.25) is 0 Å². The van der Waals surface area contributed by atoms with Crippen molar-refractivity contribution < 1.29 is 27.5 Å². The molecule has 2 rings (SSSR count). The number of hydrogen-bond donors (Lipinski definition) is 2. The van der Waals surface area contributed by atoms with Crippen LogP contribution in [0.5, 0.6) is 0 Å². The third-order valence-corrected chi connectivity index (χ3v) is 8.65. The topological polar surface area (TPSA) is 124 Å². The maximum Gasteiger partial charge on any atom is 0.334 e. The molecule has 0 saturated carbocycles. The number of hydrogen-bond acceptors (Lipinski definition) is 10. The molecule has 0 spiro atoms. The molecule has 0 radical (unpaired) electrons. The summed E-state index contributed by atoms with van der Waals surface area (Å²) in [7, 11) is -2.56. The molecule has 160 valence electrons. The van der Waals surface area contributed by atoms with Gasteiger partial charge in [-0.3, -0.25) is 10.1 Å². The minimum Gasteiger partial charge on any atom is -0.466 e. The van der Waals surface area contributed by atoms with Crippen LogP contribution in [0.1, 0.15) is 23.1 Å². The van der Waals surface area contributed by atoms with E-state index in [4.69, 9.17) is 9.47 Å². The van der Waals surface area contributed by atoms with Gasteiger partial charge >= 0.3 is 12.0 Å². The smallest absolute Gasteiger partial charge is 0.334 e. The van der Waals surface area contributed by atoms with Gasteiger partial charge in [0.2, 0.25) is 0 Å². The molecule has 13 heteroatoms. The first kappa shape index (κ1) is 23.6. The molecule has 0 saturated heterocycles. The van der Waals surface area contributed by atoms with Gasteiger partial charge in [0.05, 0.1) is 29.5 Å². The van der Waals surface area contributed by atoms with Gasteiger partial charge in [0, 0.05) is 12.0 Å². The summed E-state index contributed by atoms with van der Waals surface area (Å²) < 4.78 is 37.8. The first-order valence-corrected chi connectivity index (χ1v) is 12.7. The van der Waals surface area contributed by atoms with Crippen molar-refractivity contribution in [3.8, 4) is 0 Å². The molecule has 0 aliphatic rings. The van der Waals surface area contributed by atoms with E-state index < -0.39 is 22.0 Å². The van der Waals surface area contributed by atoms with Gasteiger partial charge < -0.3 is 9.47 Å². The lowest BCUT2D eigenvalue weighted by atomic mass is 10.2. The second kappa shape index (κ2) is 10.4. The number of nitrogens with one attached hydrogen (secondary N) is 2. The number of anilines is 1. The zero-order chi connectivity index (χ0) is 21.6. The lowest BCUT2D eigenvalue weighted by Crippen LogP contribution is -2.33. The minimum atomic E-state index is -4.10. The number of ether oxygens (including phenoxy) is 2. The van der Waals surface area contributed by atoms with Crippen molar-refractivity contribution in [1.29, 1.82) is 0 Å². The minimum absolute atomic E-state index is 0.0229. The average Bonchev–Trinajstić information content (AvgIpc) is 3.18. The molecule has 0 atom stereocenters. The number of urea groups is 1. The fourth-order valence-electron chi connectivity index (χ4n) is 2.21. The van der Waals surface area contributed by atoms with Crippen molar-refractivity contribution in [2.45, 2.75) is 35.3 Å². The van der Waals surface area contributed by atoms with E-state index >= 15 is 0 Å². The number of nitrogens with zero attached hydrogens (tertiary/aromatic N) is 1. The number of amides is 2. The molecule has 0 aliphatic carbocycles. The van der Waals surface area contributed by atoms with Gasteiger partial charge in [0.1, 0.15) is 4.21 Å². The molecule has 0 bridgehead atoms. The van der Waals surface area contributed by atoms with Crippen LogP contribution in [0.3, 0.4) is 0 Å². The van der Waals surface area contributed by atoms with E-state index in [0.717, 1.165) is 15.5 Å². The van der Waals surface area contributed by atoms with Gasteiger partial charge in [-0.25, -0.2) is 22.9 Å². The predicted molar refractivity (Wildman–Crippen MR) is 113 cm³/mol. The van der Waals surface area contributed by atoms with Crippen LogP contribution in [0.4, 0.5) is 9.93 Å². The standard InChI is InChI=1S/C16H21N3O6S4/c1-5-25-12(20)7-11-9(2)6-13(27-11)29(22,23)19-15(21)18-16-17-10(8-24-3)14(26-4)28-16/h6H,5,7-8H2,1-4H3,(H2,17,18,19,21). The molecular formula is C16H21N3O6S4. The molecule has 2 N–H and O–H groups in total. The normalized spacial score (nSPS) is 11.3. The maximum absolute atomic E-state index is 12.5. The molecule has 0 fully saturated rings. The van der Waals surface area contributed by atoms with E-state index in [1.165, 1.54) is 36.3 Å². The van der Waals surface area contributed by atoms with Crippen LogP contribution < -0.4 is 10.0 Å². The number of methoxy groups -OCH3 is 1. The molecule has 2 heterocycles. The van der Waals surface area contributed by atoms with Crippen molar-refractivity contribution in [3.63, 3.8) is 0 Å². The Kier molecular flexibility index (Phi) is 8.46. The van der Waals surface area contributed by atoms with Crippen LogP contribution >= 0.6 is 34.4 Å². The number of carbonyl (C=O) groups excluding carboxylic acids is 2. The van der Waals surface area contributed by atoms with Gasteiger partial charge in [0.25, 0.3) is 10.0 Å². The molecule has 2 aromatic heterocycles. The second-order valence-corrected chi connectivity index (χ2v) is 10.7. The molecule has 29 heavy (non-hydrogen) atoms. The number of aromatic nitrogens is 1. The van der Waals surface area contributed by atoms with Crippen LogP contribution in [0.25, 0.3) is 0 Å². The highest BCUT2D eigenvalue weighted by Gasteiger charge is 2.23. The van der Waals surface area contributed by atoms with Crippen molar-refractivity contribution in [1.82, 2.24) is 9.71 Å². The van der Waals surface area contributed by atoms with E-state index in [9.17, 15) is 18.0 Å². The third-order valence-electron chi connectivity index (χ3n) is 3.45. The number of thiazole rings is 1. The Labute approximate surface area is 181 Å². The van der Waals surface area contributed by atoms with Crippen LogP contribution in [-0.2, 0) is 37.3 Å². The Hall–Kier alpha value is -1.67. The van der Waals surface area contributed by atoms with E-state index in [2.05, 4.69) is 10.3 Å². The quantitative estimate of drug-likeness (QED) is 0.416. The van der Waals surface area contributed by atoms with E-state index in [1.54, 1.807) is 13.8 Å². The summed E-state index contributed by atoms with van der Waals surface area (Å²) in [4.78, 5) is 28.6. The number of esters is 1. The van der Waals surface area contributed by atoms with Gasteiger partial charge in [-0.1, -0.05) is 11.3 Å². The highest BCUT2D eigenvalue weighted by atomic mass is 32.2. The lowest BCUT2D eigenvalue weighted by molar-refractivity contribution is -0.142. The summed E-state index contributed by atoms with van der Waals surface area (Å²) in [5.74, 6) is -0.438. The summed E-state index contributed by atoms with van der Waals surface area (Å²) in [5, 5.41) is 2.69. The van der Waals surface area contributed by atoms with Gasteiger partial charge in [-0.05, 0) is 31.7 Å². The Morgan fingerprint density at radius 3 is 2.66 bits per heavy atom. The molecule has 0 aliphatic heterocycles. The predicted octanol–water partition coefficient (Wildman–Crippen LogP) is 3.00. The molecule has 2 aromatic rings. The highest BCUT2D eigenvalue weighted by Crippen LogP contribution is 2.31. The molecule has 2 amide bonds. The van der Waals surface area contributed by atoms with Crippen molar-refractivity contribution in [2.75, 3.05) is 25.3 Å². The largest absolute Gasteiger partial charge is 0.466 e. The van der Waals surface area contributed by atoms with E-state index in [0.29, 0.717) is 16.1 Å². The number of thiophene rings is 1. The monoisotopic (exact) mass is 479 g/mol. The Morgan fingerprint density at radius 2 is 2.03 bits per heavy atom. The van der Waals surface area contributed by atoms with Crippen molar-refractivity contribution in [3.05, 3.63) is 22.2 Å². The number of thioether (sulfide) groups is 1. The fraction of sp³-hybridized carbons (Fsp3) is 0.438. The Morgan fingerprint density at radius 1 is 1.31 bits per heavy atom. The van der Waals surface area contributed by atoms with E-state index in [-0.39, 0.29) is 29.0 Å². The zero-order valence-electron chi connectivity index (χ0n) is 16.2. The second-order valence-electron chi connectivity index (χ2n) is 5.60. The SMILES string of the molecule is CCOC(=O)Cc1sc(S(=O)(=O)NC(=O)Nc2nc(COC)c(SC)s2)cc1C. The summed E-state index contributed by atoms with van der Waals surface area (Å²) in [6.07, 6.45) is 1.85. The third kappa shape index (κ3) is 6.40. The fourth-order valence-corrected chi connectivity index (χ4v) is 6.30. The summed E-state index contributed by atoms with van der Waals surface area (Å²) >= 11 is 3.60. The summed E-state index contributed by atoms with van der Waals surface area (Å²) in [5.41, 5.74) is 1.30.